The van der Waals surface area contributed by atoms with Gasteiger partial charge in [-0.15, -0.1) is 0 Å². The summed E-state index contributed by atoms with van der Waals surface area (Å²) in [7, 11) is -3.71. The molecule has 0 radical (unpaired) electrons. The molecule has 0 amide bonds. The monoisotopic (exact) mass is 400 g/mol. The molecule has 0 unspecified atom stereocenters. The van der Waals surface area contributed by atoms with Crippen molar-refractivity contribution in [2.24, 2.45) is 5.14 Å². The van der Waals surface area contributed by atoms with Crippen LogP contribution in [0.15, 0.2) is 51.9 Å². The summed E-state index contributed by atoms with van der Waals surface area (Å²) in [4.78, 5) is 6.70. The van der Waals surface area contributed by atoms with Crippen molar-refractivity contribution in [3.8, 4) is 17.1 Å². The highest BCUT2D eigenvalue weighted by molar-refractivity contribution is 7.89. The number of anilines is 1. The zero-order valence-electron chi connectivity index (χ0n) is 15.3. The van der Waals surface area contributed by atoms with Crippen molar-refractivity contribution in [3.63, 3.8) is 0 Å². The molecule has 0 fully saturated rings. The molecule has 0 spiro atoms. The smallest absolute Gasteiger partial charge is 0.246 e. The quantitative estimate of drug-likeness (QED) is 0.676. The Hall–Kier alpha value is -2.91. The molecule has 3 aromatic rings. The third-order valence-electron chi connectivity index (χ3n) is 4.59. The second-order valence-corrected chi connectivity index (χ2v) is 8.01. The molecule has 1 aliphatic heterocycles. The topological polar surface area (TPSA) is 112 Å². The molecular formula is C19H20N4O4S. The highest BCUT2D eigenvalue weighted by Crippen LogP contribution is 2.32. The van der Waals surface area contributed by atoms with Crippen LogP contribution in [0.4, 0.5) is 5.69 Å². The lowest BCUT2D eigenvalue weighted by Crippen LogP contribution is -2.20. The summed E-state index contributed by atoms with van der Waals surface area (Å²) in [5.41, 5.74) is 2.66. The lowest BCUT2D eigenvalue weighted by Gasteiger charge is -2.16. The molecule has 4 rings (SSSR count). The Labute approximate surface area is 163 Å². The molecule has 1 aliphatic rings. The van der Waals surface area contributed by atoms with E-state index in [2.05, 4.69) is 15.0 Å². The standard InChI is InChI=1S/C19H20N4O4S/c1-2-26-17-6-4-3-5-15(17)19-21-18(27-22-19)12-23-10-9-13-11-14(28(20,24)25)7-8-16(13)23/h3-8,11H,2,9-10,12H2,1H3,(H2,20,24,25). The molecule has 9 heteroatoms. The Kier molecular flexibility index (Phi) is 4.78. The number of hydrogen-bond donors (Lipinski definition) is 1. The van der Waals surface area contributed by atoms with Gasteiger partial charge in [-0.1, -0.05) is 17.3 Å². The summed E-state index contributed by atoms with van der Waals surface area (Å²) in [6.45, 7) is 3.64. The Morgan fingerprint density at radius 2 is 2.07 bits per heavy atom. The van der Waals surface area contributed by atoms with Gasteiger partial charge in [0.1, 0.15) is 5.75 Å². The van der Waals surface area contributed by atoms with Crippen LogP contribution >= 0.6 is 0 Å². The number of ether oxygens (including phenoxy) is 1. The number of sulfonamides is 1. The highest BCUT2D eigenvalue weighted by atomic mass is 32.2. The fourth-order valence-corrected chi connectivity index (χ4v) is 3.88. The average molecular weight is 400 g/mol. The van der Waals surface area contributed by atoms with Gasteiger partial charge in [-0.05, 0) is 49.2 Å². The molecule has 28 heavy (non-hydrogen) atoms. The fraction of sp³-hybridized carbons (Fsp3) is 0.263. The van der Waals surface area contributed by atoms with Crippen molar-refractivity contribution >= 4 is 15.7 Å². The van der Waals surface area contributed by atoms with Gasteiger partial charge in [0.25, 0.3) is 0 Å². The van der Waals surface area contributed by atoms with E-state index in [0.29, 0.717) is 30.6 Å². The van der Waals surface area contributed by atoms with E-state index >= 15 is 0 Å². The number of hydrogen-bond acceptors (Lipinski definition) is 7. The van der Waals surface area contributed by atoms with Crippen LogP contribution < -0.4 is 14.8 Å². The van der Waals surface area contributed by atoms with Crippen molar-refractivity contribution < 1.29 is 17.7 Å². The second-order valence-electron chi connectivity index (χ2n) is 6.45. The van der Waals surface area contributed by atoms with Crippen LogP contribution in [0.2, 0.25) is 0 Å². The van der Waals surface area contributed by atoms with Gasteiger partial charge in [-0.3, -0.25) is 0 Å². The van der Waals surface area contributed by atoms with Gasteiger partial charge in [0.2, 0.25) is 21.7 Å². The predicted molar refractivity (Wildman–Crippen MR) is 103 cm³/mol. The summed E-state index contributed by atoms with van der Waals surface area (Å²) in [5.74, 6) is 1.66. The third kappa shape index (κ3) is 3.58. The van der Waals surface area contributed by atoms with E-state index in [1.807, 2.05) is 31.2 Å². The van der Waals surface area contributed by atoms with E-state index in [1.165, 1.54) is 6.07 Å². The number of benzene rings is 2. The first-order valence-electron chi connectivity index (χ1n) is 8.91. The lowest BCUT2D eigenvalue weighted by atomic mass is 10.2. The van der Waals surface area contributed by atoms with Crippen molar-refractivity contribution in [1.82, 2.24) is 10.1 Å². The van der Waals surface area contributed by atoms with Crippen LogP contribution in [-0.2, 0) is 23.0 Å². The van der Waals surface area contributed by atoms with Gasteiger partial charge in [0.05, 0.1) is 23.6 Å². The molecule has 2 heterocycles. The number of nitrogens with zero attached hydrogens (tertiary/aromatic N) is 3. The number of nitrogens with two attached hydrogens (primary N) is 1. The Bertz CT molecular complexity index is 1110. The van der Waals surface area contributed by atoms with E-state index < -0.39 is 10.0 Å². The van der Waals surface area contributed by atoms with E-state index in [1.54, 1.807) is 12.1 Å². The van der Waals surface area contributed by atoms with Crippen LogP contribution in [-0.4, -0.2) is 31.7 Å². The summed E-state index contributed by atoms with van der Waals surface area (Å²) in [6.07, 6.45) is 0.729. The maximum Gasteiger partial charge on any atom is 0.246 e. The van der Waals surface area contributed by atoms with Crippen molar-refractivity contribution in [3.05, 3.63) is 53.9 Å². The van der Waals surface area contributed by atoms with Crippen LogP contribution in [0.3, 0.4) is 0 Å². The van der Waals surface area contributed by atoms with E-state index in [9.17, 15) is 8.42 Å². The van der Waals surface area contributed by atoms with Gasteiger partial charge >= 0.3 is 0 Å². The van der Waals surface area contributed by atoms with Gasteiger partial charge in [-0.25, -0.2) is 13.6 Å². The molecule has 146 valence electrons. The number of rotatable bonds is 6. The summed E-state index contributed by atoms with van der Waals surface area (Å²) >= 11 is 0. The first kappa shape index (κ1) is 18.5. The number of fused-ring (bicyclic) bond motifs is 1. The molecule has 2 aromatic carbocycles. The minimum Gasteiger partial charge on any atom is -0.493 e. The van der Waals surface area contributed by atoms with Crippen molar-refractivity contribution in [2.75, 3.05) is 18.1 Å². The number of primary sulfonamides is 1. The van der Waals surface area contributed by atoms with Crippen LogP contribution in [0.25, 0.3) is 11.4 Å². The molecule has 2 N–H and O–H groups in total. The Morgan fingerprint density at radius 3 is 2.86 bits per heavy atom. The molecule has 0 saturated carbocycles. The molecule has 1 aromatic heterocycles. The van der Waals surface area contributed by atoms with E-state index in [4.69, 9.17) is 14.4 Å². The molecule has 8 nitrogen and oxygen atoms in total. The number of para-hydroxylation sites is 1. The third-order valence-corrected chi connectivity index (χ3v) is 5.50. The summed E-state index contributed by atoms with van der Waals surface area (Å²) in [6, 6.07) is 12.5. The lowest BCUT2D eigenvalue weighted by molar-refractivity contribution is 0.341. The molecular weight excluding hydrogens is 380 g/mol. The first-order chi connectivity index (χ1) is 13.5. The molecule has 0 aliphatic carbocycles. The average Bonchev–Trinajstić information content (AvgIpc) is 3.29. The van der Waals surface area contributed by atoms with Crippen molar-refractivity contribution in [2.45, 2.75) is 24.8 Å². The SMILES string of the molecule is CCOc1ccccc1-c1noc(CN2CCc3cc(S(N)(=O)=O)ccc32)n1. The van der Waals surface area contributed by atoms with Gasteiger partial charge in [0, 0.05) is 12.2 Å². The second kappa shape index (κ2) is 7.25. The molecule has 0 bridgehead atoms. The predicted octanol–water partition coefficient (Wildman–Crippen LogP) is 2.35. The van der Waals surface area contributed by atoms with Crippen molar-refractivity contribution in [1.29, 1.82) is 0 Å². The summed E-state index contributed by atoms with van der Waals surface area (Å²) in [5, 5.41) is 9.30. The largest absolute Gasteiger partial charge is 0.493 e. The first-order valence-corrected chi connectivity index (χ1v) is 10.5. The van der Waals surface area contributed by atoms with Crippen LogP contribution in [0.5, 0.6) is 5.75 Å². The van der Waals surface area contributed by atoms with Gasteiger partial charge in [-0.2, -0.15) is 4.98 Å². The normalized spacial score (nSPS) is 13.6. The molecule has 0 atom stereocenters. The Morgan fingerprint density at radius 1 is 1.25 bits per heavy atom. The zero-order chi connectivity index (χ0) is 19.7. The minimum atomic E-state index is -3.71. The van der Waals surface area contributed by atoms with Crippen LogP contribution in [0, 0.1) is 0 Å². The van der Waals surface area contributed by atoms with Gasteiger partial charge in [0.15, 0.2) is 0 Å². The van der Waals surface area contributed by atoms with Crippen LogP contribution in [0.1, 0.15) is 18.4 Å². The van der Waals surface area contributed by atoms with E-state index in [-0.39, 0.29) is 4.90 Å². The highest BCUT2D eigenvalue weighted by Gasteiger charge is 2.23. The maximum absolute atomic E-state index is 11.5. The molecule has 0 saturated heterocycles. The van der Waals surface area contributed by atoms with E-state index in [0.717, 1.165) is 29.8 Å². The maximum atomic E-state index is 11.5. The summed E-state index contributed by atoms with van der Waals surface area (Å²) < 4.78 is 34.1. The van der Waals surface area contributed by atoms with Gasteiger partial charge < -0.3 is 14.2 Å². The number of aromatic nitrogens is 2. The fourth-order valence-electron chi connectivity index (χ4n) is 3.31. The Balaban J connectivity index is 1.55. The zero-order valence-corrected chi connectivity index (χ0v) is 16.1. The minimum absolute atomic E-state index is 0.126.